The van der Waals surface area contributed by atoms with E-state index in [4.69, 9.17) is 4.74 Å². The third-order valence-electron chi connectivity index (χ3n) is 2.57. The minimum absolute atomic E-state index is 0.274. The molecule has 0 aliphatic heterocycles. The lowest BCUT2D eigenvalue weighted by atomic mass is 9.96. The zero-order valence-corrected chi connectivity index (χ0v) is 11.2. The molecule has 0 aliphatic rings. The van der Waals surface area contributed by atoms with Crippen LogP contribution in [0.3, 0.4) is 0 Å². The van der Waals surface area contributed by atoms with Crippen LogP contribution >= 0.6 is 0 Å². The van der Waals surface area contributed by atoms with Gasteiger partial charge in [-0.3, -0.25) is 0 Å². The van der Waals surface area contributed by atoms with Crippen molar-refractivity contribution in [2.24, 2.45) is 0 Å². The van der Waals surface area contributed by atoms with E-state index in [1.165, 1.54) is 6.07 Å². The Kier molecular flexibility index (Phi) is 4.40. The third kappa shape index (κ3) is 4.27. The van der Waals surface area contributed by atoms with Gasteiger partial charge in [0.1, 0.15) is 0 Å². The highest BCUT2D eigenvalue weighted by molar-refractivity contribution is 5.52. The average molecular weight is 237 g/mol. The Morgan fingerprint density at radius 3 is 2.59 bits per heavy atom. The van der Waals surface area contributed by atoms with Crippen molar-refractivity contribution in [2.45, 2.75) is 39.7 Å². The molecule has 17 heavy (non-hydrogen) atoms. The standard InChI is InChI=1S/C14H20FNO/c1-10(2)8-12-11(6-7-13(15)16-12)9-14(3,4)17-5/h6-8H,9H2,1-5H3. The molecular formula is C14H20FNO. The molecule has 0 atom stereocenters. The number of pyridine rings is 1. The molecule has 0 bridgehead atoms. The highest BCUT2D eigenvalue weighted by Gasteiger charge is 2.19. The van der Waals surface area contributed by atoms with E-state index in [1.807, 2.05) is 33.8 Å². The lowest BCUT2D eigenvalue weighted by Gasteiger charge is -2.23. The van der Waals surface area contributed by atoms with Crippen LogP contribution in [-0.4, -0.2) is 17.7 Å². The van der Waals surface area contributed by atoms with E-state index in [0.29, 0.717) is 12.1 Å². The fourth-order valence-electron chi connectivity index (χ4n) is 1.56. The second-order valence-electron chi connectivity index (χ2n) is 5.04. The second kappa shape index (κ2) is 5.41. The van der Waals surface area contributed by atoms with Gasteiger partial charge < -0.3 is 4.74 Å². The highest BCUT2D eigenvalue weighted by Crippen LogP contribution is 2.20. The van der Waals surface area contributed by atoms with Crippen molar-refractivity contribution < 1.29 is 9.13 Å². The molecule has 1 aromatic heterocycles. The first-order chi connectivity index (χ1) is 7.84. The van der Waals surface area contributed by atoms with Crippen molar-refractivity contribution in [2.75, 3.05) is 7.11 Å². The number of methoxy groups -OCH3 is 1. The van der Waals surface area contributed by atoms with Crippen molar-refractivity contribution >= 4 is 6.08 Å². The SMILES string of the molecule is COC(C)(C)Cc1ccc(F)nc1C=C(C)C. The van der Waals surface area contributed by atoms with Crippen molar-refractivity contribution in [1.82, 2.24) is 4.98 Å². The van der Waals surface area contributed by atoms with Crippen molar-refractivity contribution in [3.63, 3.8) is 0 Å². The van der Waals surface area contributed by atoms with Gasteiger partial charge in [0.2, 0.25) is 5.95 Å². The Morgan fingerprint density at radius 1 is 1.41 bits per heavy atom. The average Bonchev–Trinajstić information content (AvgIpc) is 2.21. The summed E-state index contributed by atoms with van der Waals surface area (Å²) in [7, 11) is 1.68. The van der Waals surface area contributed by atoms with E-state index < -0.39 is 5.95 Å². The number of hydrogen-bond donors (Lipinski definition) is 0. The first-order valence-electron chi connectivity index (χ1n) is 5.69. The summed E-state index contributed by atoms with van der Waals surface area (Å²) in [6.07, 6.45) is 2.60. The van der Waals surface area contributed by atoms with Gasteiger partial charge in [-0.25, -0.2) is 4.98 Å². The number of halogens is 1. The number of nitrogens with zero attached hydrogens (tertiary/aromatic N) is 1. The van der Waals surface area contributed by atoms with Crippen LogP contribution in [0.2, 0.25) is 0 Å². The van der Waals surface area contributed by atoms with Crippen LogP contribution in [0.1, 0.15) is 39.0 Å². The molecule has 0 aromatic carbocycles. The summed E-state index contributed by atoms with van der Waals surface area (Å²) in [6.45, 7) is 7.95. The molecule has 2 nitrogen and oxygen atoms in total. The predicted octanol–water partition coefficient (Wildman–Crippen LogP) is 3.61. The molecule has 1 heterocycles. The second-order valence-corrected chi connectivity index (χ2v) is 5.04. The molecular weight excluding hydrogens is 217 g/mol. The monoisotopic (exact) mass is 237 g/mol. The van der Waals surface area contributed by atoms with Gasteiger partial charge in [0, 0.05) is 13.5 Å². The van der Waals surface area contributed by atoms with Gasteiger partial charge in [0.15, 0.2) is 0 Å². The first-order valence-corrected chi connectivity index (χ1v) is 5.69. The molecule has 0 spiro atoms. The van der Waals surface area contributed by atoms with Gasteiger partial charge in [-0.2, -0.15) is 4.39 Å². The Labute approximate surface area is 103 Å². The fraction of sp³-hybridized carbons (Fsp3) is 0.500. The number of hydrogen-bond acceptors (Lipinski definition) is 2. The summed E-state index contributed by atoms with van der Waals surface area (Å²) in [5.74, 6) is -0.448. The summed E-state index contributed by atoms with van der Waals surface area (Å²) >= 11 is 0. The van der Waals surface area contributed by atoms with Crippen LogP contribution in [0.4, 0.5) is 4.39 Å². The quantitative estimate of drug-likeness (QED) is 0.746. The van der Waals surface area contributed by atoms with Crippen LogP contribution in [0.5, 0.6) is 0 Å². The van der Waals surface area contributed by atoms with Gasteiger partial charge in [0.05, 0.1) is 11.3 Å². The van der Waals surface area contributed by atoms with E-state index in [9.17, 15) is 4.39 Å². The fourth-order valence-corrected chi connectivity index (χ4v) is 1.56. The molecule has 3 heteroatoms. The van der Waals surface area contributed by atoms with Crippen LogP contribution in [0.25, 0.3) is 6.08 Å². The molecule has 0 radical (unpaired) electrons. The van der Waals surface area contributed by atoms with Crippen LogP contribution in [-0.2, 0) is 11.2 Å². The molecule has 0 fully saturated rings. The van der Waals surface area contributed by atoms with Crippen LogP contribution in [0.15, 0.2) is 17.7 Å². The maximum atomic E-state index is 13.1. The Bertz CT molecular complexity index is 420. The zero-order chi connectivity index (χ0) is 13.1. The van der Waals surface area contributed by atoms with E-state index in [1.54, 1.807) is 13.2 Å². The van der Waals surface area contributed by atoms with Crippen molar-refractivity contribution in [3.8, 4) is 0 Å². The largest absolute Gasteiger partial charge is 0.378 e. The number of rotatable bonds is 4. The van der Waals surface area contributed by atoms with Gasteiger partial charge >= 0.3 is 0 Å². The maximum absolute atomic E-state index is 13.1. The van der Waals surface area contributed by atoms with E-state index in [2.05, 4.69) is 4.98 Å². The summed E-state index contributed by atoms with van der Waals surface area (Å²) < 4.78 is 18.5. The number of ether oxygens (including phenoxy) is 1. The summed E-state index contributed by atoms with van der Waals surface area (Å²) in [5.41, 5.74) is 2.51. The normalized spacial score (nSPS) is 11.4. The van der Waals surface area contributed by atoms with Gasteiger partial charge in [0.25, 0.3) is 0 Å². The molecule has 0 N–H and O–H groups in total. The van der Waals surface area contributed by atoms with Crippen LogP contribution < -0.4 is 0 Å². The molecule has 1 rings (SSSR count). The number of aromatic nitrogens is 1. The van der Waals surface area contributed by atoms with E-state index >= 15 is 0 Å². The molecule has 1 aromatic rings. The lowest BCUT2D eigenvalue weighted by Crippen LogP contribution is -2.26. The molecule has 0 aliphatic carbocycles. The molecule has 0 saturated carbocycles. The minimum Gasteiger partial charge on any atom is -0.378 e. The van der Waals surface area contributed by atoms with Gasteiger partial charge in [-0.15, -0.1) is 0 Å². The third-order valence-corrected chi connectivity index (χ3v) is 2.57. The Hall–Kier alpha value is -1.22. The van der Waals surface area contributed by atoms with Gasteiger partial charge in [-0.1, -0.05) is 11.6 Å². The maximum Gasteiger partial charge on any atom is 0.213 e. The predicted molar refractivity (Wildman–Crippen MR) is 68.3 cm³/mol. The summed E-state index contributed by atoms with van der Waals surface area (Å²) in [5, 5.41) is 0. The summed E-state index contributed by atoms with van der Waals surface area (Å²) in [6, 6.07) is 3.17. The first kappa shape index (κ1) is 13.8. The van der Waals surface area contributed by atoms with Crippen molar-refractivity contribution in [1.29, 1.82) is 0 Å². The molecule has 0 amide bonds. The topological polar surface area (TPSA) is 22.1 Å². The molecule has 0 saturated heterocycles. The lowest BCUT2D eigenvalue weighted by molar-refractivity contribution is 0.0231. The van der Waals surface area contributed by atoms with Crippen LogP contribution in [0, 0.1) is 5.95 Å². The van der Waals surface area contributed by atoms with Gasteiger partial charge in [-0.05, 0) is 45.4 Å². The Morgan fingerprint density at radius 2 is 2.06 bits per heavy atom. The Balaban J connectivity index is 3.11. The minimum atomic E-state index is -0.448. The molecule has 0 unspecified atom stereocenters. The number of allylic oxidation sites excluding steroid dienone is 1. The van der Waals surface area contributed by atoms with E-state index in [0.717, 1.165) is 11.1 Å². The summed E-state index contributed by atoms with van der Waals surface area (Å²) in [4.78, 5) is 3.93. The van der Waals surface area contributed by atoms with E-state index in [-0.39, 0.29) is 5.60 Å². The highest BCUT2D eigenvalue weighted by atomic mass is 19.1. The smallest absolute Gasteiger partial charge is 0.213 e. The van der Waals surface area contributed by atoms with Crippen molar-refractivity contribution in [3.05, 3.63) is 34.9 Å². The molecule has 94 valence electrons. The zero-order valence-electron chi connectivity index (χ0n) is 11.2.